The lowest BCUT2D eigenvalue weighted by molar-refractivity contribution is -0.127. The van der Waals surface area contributed by atoms with Gasteiger partial charge in [0.15, 0.2) is 0 Å². The summed E-state index contributed by atoms with van der Waals surface area (Å²) < 4.78 is 0. The number of nitrogens with zero attached hydrogens (tertiary/aromatic N) is 1. The Bertz CT molecular complexity index is 241. The second kappa shape index (κ2) is 5.85. The number of likely N-dealkylation sites (tertiary alicyclic amines) is 1. The van der Waals surface area contributed by atoms with E-state index >= 15 is 0 Å². The number of piperidine rings is 1. The first-order valence-corrected chi connectivity index (χ1v) is 5.66. The zero-order valence-corrected chi connectivity index (χ0v) is 9.58. The van der Waals surface area contributed by atoms with E-state index < -0.39 is 0 Å². The lowest BCUT2D eigenvalue weighted by Crippen LogP contribution is -2.48. The maximum absolute atomic E-state index is 11.4. The molecule has 0 aromatic carbocycles. The largest absolute Gasteiger partial charge is 0.355 e. The van der Waals surface area contributed by atoms with Gasteiger partial charge in [-0.2, -0.15) is 0 Å². The molecule has 86 valence electrons. The lowest BCUT2D eigenvalue weighted by atomic mass is 9.99. The average molecular weight is 212 g/mol. The molecule has 1 N–H and O–H groups in total. The summed E-state index contributed by atoms with van der Waals surface area (Å²) in [5, 5.41) is 2.76. The van der Waals surface area contributed by atoms with Gasteiger partial charge in [-0.3, -0.25) is 14.5 Å². The van der Waals surface area contributed by atoms with Crippen LogP contribution in [0.3, 0.4) is 0 Å². The molecule has 1 aliphatic rings. The first-order valence-electron chi connectivity index (χ1n) is 5.66. The topological polar surface area (TPSA) is 49.4 Å². The van der Waals surface area contributed by atoms with E-state index in [0.29, 0.717) is 13.1 Å². The van der Waals surface area contributed by atoms with Gasteiger partial charge < -0.3 is 5.32 Å². The summed E-state index contributed by atoms with van der Waals surface area (Å²) in [6, 6.07) is -0.0404. The predicted molar refractivity (Wildman–Crippen MR) is 58.6 cm³/mol. The van der Waals surface area contributed by atoms with Gasteiger partial charge in [0, 0.05) is 6.54 Å². The summed E-state index contributed by atoms with van der Waals surface area (Å²) in [5.74, 6) is 0.199. The van der Waals surface area contributed by atoms with Gasteiger partial charge in [0.2, 0.25) is 5.91 Å². The molecule has 0 bridgehead atoms. The van der Waals surface area contributed by atoms with Crippen LogP contribution in [0.15, 0.2) is 0 Å². The van der Waals surface area contributed by atoms with E-state index in [1.807, 2.05) is 11.8 Å². The molecule has 1 aliphatic heterocycles. The van der Waals surface area contributed by atoms with Crippen molar-refractivity contribution in [1.82, 2.24) is 10.2 Å². The van der Waals surface area contributed by atoms with Crippen molar-refractivity contribution in [3.63, 3.8) is 0 Å². The third kappa shape index (κ3) is 3.63. The highest BCUT2D eigenvalue weighted by atomic mass is 16.2. The van der Waals surface area contributed by atoms with Gasteiger partial charge in [0.25, 0.3) is 0 Å². The van der Waals surface area contributed by atoms with Crippen molar-refractivity contribution in [2.45, 2.75) is 39.2 Å². The number of amides is 1. The highest BCUT2D eigenvalue weighted by molar-refractivity contribution is 5.83. The van der Waals surface area contributed by atoms with E-state index in [0.717, 1.165) is 25.8 Å². The number of ketones is 1. The van der Waals surface area contributed by atoms with Crippen LogP contribution in [-0.2, 0) is 9.59 Å². The van der Waals surface area contributed by atoms with Crippen molar-refractivity contribution in [3.05, 3.63) is 0 Å². The maximum atomic E-state index is 11.4. The summed E-state index contributed by atoms with van der Waals surface area (Å²) in [5.41, 5.74) is 0. The Morgan fingerprint density at radius 3 is 2.73 bits per heavy atom. The van der Waals surface area contributed by atoms with Gasteiger partial charge in [-0.05, 0) is 33.2 Å². The summed E-state index contributed by atoms with van der Waals surface area (Å²) in [6.45, 7) is 5.38. The van der Waals surface area contributed by atoms with Crippen LogP contribution in [0, 0.1) is 0 Å². The molecule has 15 heavy (non-hydrogen) atoms. The third-order valence-corrected chi connectivity index (χ3v) is 2.80. The molecule has 0 radical (unpaired) electrons. The number of rotatable bonds is 4. The van der Waals surface area contributed by atoms with E-state index in [4.69, 9.17) is 0 Å². The second-order valence-corrected chi connectivity index (χ2v) is 4.05. The molecule has 1 unspecified atom stereocenters. The zero-order valence-electron chi connectivity index (χ0n) is 9.58. The van der Waals surface area contributed by atoms with E-state index in [2.05, 4.69) is 5.32 Å². The Hall–Kier alpha value is -0.900. The lowest BCUT2D eigenvalue weighted by Gasteiger charge is -2.33. The fraction of sp³-hybridized carbons (Fsp3) is 0.818. The zero-order chi connectivity index (χ0) is 11.3. The van der Waals surface area contributed by atoms with Gasteiger partial charge in [0.1, 0.15) is 5.78 Å². The monoisotopic (exact) mass is 212 g/mol. The van der Waals surface area contributed by atoms with Gasteiger partial charge in [0.05, 0.1) is 12.6 Å². The van der Waals surface area contributed by atoms with Crippen molar-refractivity contribution in [2.75, 3.05) is 19.6 Å². The highest BCUT2D eigenvalue weighted by Gasteiger charge is 2.26. The van der Waals surface area contributed by atoms with Crippen molar-refractivity contribution in [3.8, 4) is 0 Å². The molecule has 1 rings (SSSR count). The number of Topliss-reactive ketones (excluding diaryl/α,β-unsaturated/α-hetero) is 1. The van der Waals surface area contributed by atoms with Crippen molar-refractivity contribution < 1.29 is 9.59 Å². The van der Waals surface area contributed by atoms with Crippen molar-refractivity contribution in [2.24, 2.45) is 0 Å². The Labute approximate surface area is 91.0 Å². The minimum atomic E-state index is -0.0404. The predicted octanol–water partition coefficient (Wildman–Crippen LogP) is 0.566. The van der Waals surface area contributed by atoms with E-state index in [9.17, 15) is 9.59 Å². The Kier molecular flexibility index (Phi) is 4.75. The molecule has 1 amide bonds. The van der Waals surface area contributed by atoms with Gasteiger partial charge >= 0.3 is 0 Å². The van der Waals surface area contributed by atoms with Crippen LogP contribution in [-0.4, -0.2) is 42.3 Å². The number of nitrogens with one attached hydrogen (secondary N) is 1. The number of likely N-dealkylation sites (N-methyl/N-ethyl adjacent to an activating group) is 1. The minimum absolute atomic E-state index is 0.0191. The van der Waals surface area contributed by atoms with Crippen molar-refractivity contribution in [1.29, 1.82) is 0 Å². The summed E-state index contributed by atoms with van der Waals surface area (Å²) in [6.07, 6.45) is 3.08. The number of hydrogen-bond acceptors (Lipinski definition) is 3. The molecular formula is C11H20N2O2. The van der Waals surface area contributed by atoms with Crippen LogP contribution in [0.5, 0.6) is 0 Å². The molecule has 0 saturated carbocycles. The molecule has 4 heteroatoms. The molecule has 1 fully saturated rings. The fourth-order valence-corrected chi connectivity index (χ4v) is 2.08. The first kappa shape index (κ1) is 12.2. The summed E-state index contributed by atoms with van der Waals surface area (Å²) in [4.78, 5) is 24.8. The smallest absolute Gasteiger partial charge is 0.234 e. The quantitative estimate of drug-likeness (QED) is 0.741. The molecule has 1 saturated heterocycles. The molecule has 4 nitrogen and oxygen atoms in total. The van der Waals surface area contributed by atoms with Gasteiger partial charge in [-0.15, -0.1) is 0 Å². The summed E-state index contributed by atoms with van der Waals surface area (Å²) >= 11 is 0. The normalized spacial score (nSPS) is 22.4. The standard InChI is InChI=1S/C11H20N2O2/c1-3-12-11(15)8-13-7-5-4-6-10(13)9(2)14/h10H,3-8H2,1-2H3,(H,12,15). The first-order chi connectivity index (χ1) is 7.15. The fourth-order valence-electron chi connectivity index (χ4n) is 2.08. The molecule has 1 atom stereocenters. The number of hydrogen-bond donors (Lipinski definition) is 1. The van der Waals surface area contributed by atoms with Crippen LogP contribution in [0.4, 0.5) is 0 Å². The molecule has 1 heterocycles. The molecule has 0 spiro atoms. The van der Waals surface area contributed by atoms with Crippen molar-refractivity contribution >= 4 is 11.7 Å². The van der Waals surface area contributed by atoms with E-state index in [-0.39, 0.29) is 17.7 Å². The molecule has 0 aliphatic carbocycles. The van der Waals surface area contributed by atoms with Gasteiger partial charge in [-0.25, -0.2) is 0 Å². The molecule has 0 aromatic rings. The second-order valence-electron chi connectivity index (χ2n) is 4.05. The van der Waals surface area contributed by atoms with Crippen LogP contribution < -0.4 is 5.32 Å². The Morgan fingerprint density at radius 1 is 1.40 bits per heavy atom. The highest BCUT2D eigenvalue weighted by Crippen LogP contribution is 2.17. The van der Waals surface area contributed by atoms with Crippen LogP contribution >= 0.6 is 0 Å². The van der Waals surface area contributed by atoms with Crippen LogP contribution in [0.1, 0.15) is 33.1 Å². The molecular weight excluding hydrogens is 192 g/mol. The Morgan fingerprint density at radius 2 is 2.13 bits per heavy atom. The average Bonchev–Trinajstić information content (AvgIpc) is 2.18. The number of carbonyl (C=O) groups excluding carboxylic acids is 2. The summed E-state index contributed by atoms with van der Waals surface area (Å²) in [7, 11) is 0. The SMILES string of the molecule is CCNC(=O)CN1CCCCC1C(C)=O. The molecule has 0 aromatic heterocycles. The van der Waals surface area contributed by atoms with E-state index in [1.54, 1.807) is 6.92 Å². The number of carbonyl (C=O) groups is 2. The Balaban J connectivity index is 2.49. The third-order valence-electron chi connectivity index (χ3n) is 2.80. The van der Waals surface area contributed by atoms with Crippen LogP contribution in [0.25, 0.3) is 0 Å². The van der Waals surface area contributed by atoms with Gasteiger partial charge in [-0.1, -0.05) is 6.42 Å². The minimum Gasteiger partial charge on any atom is -0.355 e. The maximum Gasteiger partial charge on any atom is 0.234 e. The van der Waals surface area contributed by atoms with Crippen LogP contribution in [0.2, 0.25) is 0 Å². The van der Waals surface area contributed by atoms with E-state index in [1.165, 1.54) is 0 Å².